The number of nitrogens with zero attached hydrogens (tertiary/aromatic N) is 3. The van der Waals surface area contributed by atoms with E-state index in [1.165, 1.54) is 18.7 Å². The summed E-state index contributed by atoms with van der Waals surface area (Å²) < 4.78 is 2.50. The molecule has 158 valence electrons. The van der Waals surface area contributed by atoms with Crippen molar-refractivity contribution in [2.45, 2.75) is 32.1 Å². The van der Waals surface area contributed by atoms with Crippen LogP contribution in [0.2, 0.25) is 0 Å². The third kappa shape index (κ3) is 4.09. The Balaban J connectivity index is 2.02. The number of aromatic nitrogens is 3. The Bertz CT molecular complexity index is 1240. The number of thioether (sulfide) groups is 1. The van der Waals surface area contributed by atoms with Gasteiger partial charge in [0.2, 0.25) is 11.1 Å². The highest BCUT2D eigenvalue weighted by atomic mass is 79.9. The van der Waals surface area contributed by atoms with Crippen LogP contribution in [-0.2, 0) is 4.79 Å². The highest BCUT2D eigenvalue weighted by molar-refractivity contribution is 9.10. The number of H-pyrrole nitrogens is 1. The molecule has 2 heterocycles. The van der Waals surface area contributed by atoms with Crippen LogP contribution in [0.4, 0.5) is 5.69 Å². The lowest BCUT2D eigenvalue weighted by molar-refractivity contribution is -0.763. The molecule has 31 heavy (non-hydrogen) atoms. The van der Waals surface area contributed by atoms with Crippen LogP contribution >= 0.6 is 27.7 Å². The van der Waals surface area contributed by atoms with Crippen LogP contribution in [0.3, 0.4) is 0 Å². The molecule has 0 spiro atoms. The minimum atomic E-state index is -0.556. The van der Waals surface area contributed by atoms with Gasteiger partial charge in [0.15, 0.2) is 0 Å². The van der Waals surface area contributed by atoms with Crippen molar-refractivity contribution in [2.75, 3.05) is 10.7 Å². The van der Waals surface area contributed by atoms with E-state index in [1.54, 1.807) is 9.58 Å². The third-order valence-electron chi connectivity index (χ3n) is 5.03. The molecule has 1 aromatic heterocycles. The largest absolute Gasteiger partial charge is 0.325 e. The average molecular weight is 498 g/mol. The summed E-state index contributed by atoms with van der Waals surface area (Å²) in [5.74, 6) is 0.643. The fourth-order valence-electron chi connectivity index (χ4n) is 3.83. The molecule has 1 amide bonds. The number of amides is 1. The molecule has 0 radical (unpaired) electrons. The first kappa shape index (κ1) is 21.5. The van der Waals surface area contributed by atoms with E-state index in [4.69, 9.17) is 5.10 Å². The summed E-state index contributed by atoms with van der Waals surface area (Å²) in [5.41, 5.74) is 3.46. The van der Waals surface area contributed by atoms with E-state index in [9.17, 15) is 9.59 Å². The van der Waals surface area contributed by atoms with Gasteiger partial charge in [0.1, 0.15) is 0 Å². The second kappa shape index (κ2) is 8.80. The number of rotatable bonds is 4. The van der Waals surface area contributed by atoms with Crippen LogP contribution in [-0.4, -0.2) is 21.7 Å². The number of halogens is 1. The third-order valence-corrected chi connectivity index (χ3v) is 6.27. The Morgan fingerprint density at radius 2 is 2.00 bits per heavy atom. The Kier molecular flexibility index (Phi) is 6.11. The van der Waals surface area contributed by atoms with Gasteiger partial charge in [-0.25, -0.2) is 4.90 Å². The molecule has 0 unspecified atom stereocenters. The van der Waals surface area contributed by atoms with Crippen molar-refractivity contribution in [3.8, 4) is 11.3 Å². The predicted molar refractivity (Wildman–Crippen MR) is 127 cm³/mol. The lowest BCUT2D eigenvalue weighted by Crippen LogP contribution is -2.60. The summed E-state index contributed by atoms with van der Waals surface area (Å²) in [5, 5.41) is 5.27. The Hall–Kier alpha value is -2.71. The minimum absolute atomic E-state index is 0.126. The molecule has 1 aliphatic rings. The molecule has 0 fully saturated rings. The Morgan fingerprint density at radius 3 is 2.68 bits per heavy atom. The van der Waals surface area contributed by atoms with Crippen molar-refractivity contribution >= 4 is 45.4 Å². The van der Waals surface area contributed by atoms with E-state index < -0.39 is 6.17 Å². The van der Waals surface area contributed by atoms with Crippen molar-refractivity contribution in [1.29, 1.82) is 0 Å². The topological polar surface area (TPSA) is 69.9 Å². The lowest BCUT2D eigenvalue weighted by atomic mass is 10.0. The lowest BCUT2D eigenvalue weighted by Gasteiger charge is -2.31. The molecule has 0 bridgehead atoms. The molecule has 1 N–H and O–H groups in total. The number of carbonyl (C=O) groups excluding carboxylic acids is 1. The molecule has 6 nitrogen and oxygen atoms in total. The molecule has 3 aromatic rings. The average Bonchev–Trinajstić information content (AvgIpc) is 2.73. The molecule has 8 heteroatoms. The summed E-state index contributed by atoms with van der Waals surface area (Å²) in [6.45, 7) is 5.50. The zero-order valence-electron chi connectivity index (χ0n) is 17.4. The van der Waals surface area contributed by atoms with Gasteiger partial charge in [-0.1, -0.05) is 64.9 Å². The molecule has 0 saturated heterocycles. The normalized spacial score (nSPS) is 15.4. The number of benzene rings is 2. The van der Waals surface area contributed by atoms with E-state index in [2.05, 4.69) is 20.9 Å². The minimum Gasteiger partial charge on any atom is -0.291 e. The van der Waals surface area contributed by atoms with E-state index in [1.807, 2.05) is 68.5 Å². The standard InChI is InChI=1S/C23H21BrN4O2S/c1-4-31-23-25-21(30)20-18-13-17(24)10-11-19(18)27(15(3)29)22(28(20)26-23)14(2)12-16-8-6-5-7-9-16/h5-13,22H,4H2,1-3H3/p+1/b14-12+/t22-/m0/s1. The van der Waals surface area contributed by atoms with Gasteiger partial charge in [-0.2, -0.15) is 0 Å². The van der Waals surface area contributed by atoms with Crippen molar-refractivity contribution in [3.63, 3.8) is 0 Å². The number of fused-ring (bicyclic) bond motifs is 3. The van der Waals surface area contributed by atoms with Crippen LogP contribution in [0.15, 0.2) is 68.5 Å². The summed E-state index contributed by atoms with van der Waals surface area (Å²) >= 11 is 4.94. The zero-order chi connectivity index (χ0) is 22.1. The van der Waals surface area contributed by atoms with Crippen molar-refractivity contribution < 1.29 is 9.48 Å². The van der Waals surface area contributed by atoms with Gasteiger partial charge in [-0.05, 0) is 47.2 Å². The first-order chi connectivity index (χ1) is 14.9. The fraction of sp³-hybridized carbons (Fsp3) is 0.217. The summed E-state index contributed by atoms with van der Waals surface area (Å²) in [6, 6.07) is 15.5. The summed E-state index contributed by atoms with van der Waals surface area (Å²) in [7, 11) is 0. The van der Waals surface area contributed by atoms with E-state index in [-0.39, 0.29) is 11.5 Å². The van der Waals surface area contributed by atoms with E-state index in [0.29, 0.717) is 22.1 Å². The molecule has 2 aromatic carbocycles. The number of hydrogen-bond donors (Lipinski definition) is 1. The Labute approximate surface area is 193 Å². The molecule has 0 saturated carbocycles. The number of anilines is 1. The molecule has 4 rings (SSSR count). The first-order valence-corrected chi connectivity index (χ1v) is 11.7. The number of aromatic amines is 1. The van der Waals surface area contributed by atoms with Gasteiger partial charge >= 0.3 is 11.3 Å². The molecular weight excluding hydrogens is 476 g/mol. The number of hydrogen-bond acceptors (Lipinski definition) is 4. The summed E-state index contributed by atoms with van der Waals surface area (Å²) in [6.07, 6.45) is 1.47. The van der Waals surface area contributed by atoms with Crippen molar-refractivity contribution in [1.82, 2.24) is 10.1 Å². The van der Waals surface area contributed by atoms with Crippen LogP contribution < -0.4 is 15.1 Å². The smallest absolute Gasteiger partial charge is 0.291 e. The Morgan fingerprint density at radius 1 is 1.26 bits per heavy atom. The predicted octanol–water partition coefficient (Wildman–Crippen LogP) is 4.57. The van der Waals surface area contributed by atoms with Crippen LogP contribution in [0.25, 0.3) is 17.3 Å². The van der Waals surface area contributed by atoms with E-state index in [0.717, 1.165) is 21.4 Å². The van der Waals surface area contributed by atoms with Crippen LogP contribution in [0, 0.1) is 0 Å². The highest BCUT2D eigenvalue weighted by Gasteiger charge is 2.44. The van der Waals surface area contributed by atoms with Crippen molar-refractivity contribution in [2.24, 2.45) is 0 Å². The maximum atomic E-state index is 13.2. The fourth-order valence-corrected chi connectivity index (χ4v) is 4.78. The molecule has 0 aliphatic carbocycles. The number of nitrogens with one attached hydrogen (secondary N) is 1. The first-order valence-electron chi connectivity index (χ1n) is 9.92. The van der Waals surface area contributed by atoms with Gasteiger partial charge in [0.25, 0.3) is 6.17 Å². The maximum absolute atomic E-state index is 13.2. The SMILES string of the molecule is CCSc1n[n+]2c(c(=O)[nH]1)-c1cc(Br)ccc1N(C(C)=O)[C@@H]2/C(C)=C/c1ccccc1. The second-order valence-corrected chi connectivity index (χ2v) is 9.38. The summed E-state index contributed by atoms with van der Waals surface area (Å²) in [4.78, 5) is 30.6. The molecular formula is C23H22BrN4O2S+. The van der Waals surface area contributed by atoms with Gasteiger partial charge in [-0.3, -0.25) is 14.6 Å². The maximum Gasteiger partial charge on any atom is 0.325 e. The highest BCUT2D eigenvalue weighted by Crippen LogP contribution is 2.39. The van der Waals surface area contributed by atoms with Crippen LogP contribution in [0.5, 0.6) is 0 Å². The number of carbonyl (C=O) groups is 1. The van der Waals surface area contributed by atoms with Crippen LogP contribution in [0.1, 0.15) is 32.5 Å². The van der Waals surface area contributed by atoms with Gasteiger partial charge in [0, 0.05) is 22.1 Å². The van der Waals surface area contributed by atoms with Gasteiger partial charge < -0.3 is 0 Å². The molecule has 1 aliphatic heterocycles. The van der Waals surface area contributed by atoms with Gasteiger partial charge in [-0.15, -0.1) is 0 Å². The second-order valence-electron chi connectivity index (χ2n) is 7.21. The quantitative estimate of drug-likeness (QED) is 0.423. The zero-order valence-corrected chi connectivity index (χ0v) is 19.8. The monoisotopic (exact) mass is 497 g/mol. The van der Waals surface area contributed by atoms with Crippen molar-refractivity contribution in [3.05, 3.63) is 74.5 Å². The van der Waals surface area contributed by atoms with E-state index >= 15 is 0 Å². The molecule has 1 atom stereocenters. The van der Waals surface area contributed by atoms with Gasteiger partial charge in [0.05, 0.1) is 11.3 Å².